The molecule has 0 amide bonds. The van der Waals surface area contributed by atoms with Gasteiger partial charge in [-0.1, -0.05) is 37.3 Å². The number of benzene rings is 2. The van der Waals surface area contributed by atoms with E-state index in [-0.39, 0.29) is 0 Å². The van der Waals surface area contributed by atoms with Crippen molar-refractivity contribution in [3.05, 3.63) is 59.2 Å². The maximum Gasteiger partial charge on any atom is 0.161 e. The summed E-state index contributed by atoms with van der Waals surface area (Å²) in [6.07, 6.45) is 0.519. The minimum atomic E-state index is -0.519. The SMILES string of the molecule is CCc1ccc(COc2ccc(C(C)O)cc2OC)cc1. The summed E-state index contributed by atoms with van der Waals surface area (Å²) in [6, 6.07) is 13.9. The van der Waals surface area contributed by atoms with E-state index in [4.69, 9.17) is 9.47 Å². The molecule has 0 fully saturated rings. The van der Waals surface area contributed by atoms with E-state index >= 15 is 0 Å². The maximum atomic E-state index is 9.60. The predicted molar refractivity (Wildman–Crippen MR) is 83.8 cm³/mol. The molecule has 0 heterocycles. The van der Waals surface area contributed by atoms with Crippen LogP contribution in [0.4, 0.5) is 0 Å². The molecule has 0 aliphatic rings. The molecule has 21 heavy (non-hydrogen) atoms. The Morgan fingerprint density at radius 1 is 1.00 bits per heavy atom. The van der Waals surface area contributed by atoms with Crippen molar-refractivity contribution in [3.63, 3.8) is 0 Å². The summed E-state index contributed by atoms with van der Waals surface area (Å²) >= 11 is 0. The Hall–Kier alpha value is -2.00. The maximum absolute atomic E-state index is 9.60. The predicted octanol–water partition coefficient (Wildman–Crippen LogP) is 3.89. The Bertz CT molecular complexity index is 574. The zero-order valence-electron chi connectivity index (χ0n) is 12.8. The van der Waals surface area contributed by atoms with Gasteiger partial charge in [-0.2, -0.15) is 0 Å². The van der Waals surface area contributed by atoms with Gasteiger partial charge in [-0.25, -0.2) is 0 Å². The van der Waals surface area contributed by atoms with E-state index in [1.54, 1.807) is 20.1 Å². The second kappa shape index (κ2) is 7.14. The fourth-order valence-electron chi connectivity index (χ4n) is 2.10. The average molecular weight is 286 g/mol. The van der Waals surface area contributed by atoms with Crippen LogP contribution in [-0.4, -0.2) is 12.2 Å². The Morgan fingerprint density at radius 3 is 2.24 bits per heavy atom. The van der Waals surface area contributed by atoms with Crippen LogP contribution in [0.2, 0.25) is 0 Å². The number of aliphatic hydroxyl groups excluding tert-OH is 1. The Labute approximate surface area is 126 Å². The zero-order valence-corrected chi connectivity index (χ0v) is 12.8. The molecule has 0 saturated carbocycles. The number of rotatable bonds is 6. The minimum Gasteiger partial charge on any atom is -0.493 e. The van der Waals surface area contributed by atoms with Crippen molar-refractivity contribution >= 4 is 0 Å². The second-order valence-electron chi connectivity index (χ2n) is 5.04. The smallest absolute Gasteiger partial charge is 0.161 e. The molecular formula is C18H22O3. The molecule has 0 bridgehead atoms. The highest BCUT2D eigenvalue weighted by molar-refractivity contribution is 5.43. The van der Waals surface area contributed by atoms with Gasteiger partial charge in [0.05, 0.1) is 13.2 Å². The summed E-state index contributed by atoms with van der Waals surface area (Å²) in [7, 11) is 1.60. The van der Waals surface area contributed by atoms with Gasteiger partial charge >= 0.3 is 0 Å². The molecule has 1 atom stereocenters. The molecule has 1 N–H and O–H groups in total. The van der Waals surface area contributed by atoms with Crippen molar-refractivity contribution < 1.29 is 14.6 Å². The summed E-state index contributed by atoms with van der Waals surface area (Å²) in [5, 5.41) is 9.60. The first kappa shape index (κ1) is 15.4. The molecule has 0 aromatic heterocycles. The van der Waals surface area contributed by atoms with Crippen LogP contribution in [0.3, 0.4) is 0 Å². The van der Waals surface area contributed by atoms with E-state index in [1.165, 1.54) is 5.56 Å². The molecule has 0 saturated heterocycles. The molecule has 3 nitrogen and oxygen atoms in total. The fourth-order valence-corrected chi connectivity index (χ4v) is 2.10. The van der Waals surface area contributed by atoms with E-state index in [9.17, 15) is 5.11 Å². The lowest BCUT2D eigenvalue weighted by Gasteiger charge is -2.13. The van der Waals surface area contributed by atoms with Crippen LogP contribution < -0.4 is 9.47 Å². The fraction of sp³-hybridized carbons (Fsp3) is 0.333. The highest BCUT2D eigenvalue weighted by Gasteiger charge is 2.09. The summed E-state index contributed by atoms with van der Waals surface area (Å²) in [5.41, 5.74) is 3.25. The van der Waals surface area contributed by atoms with Crippen molar-refractivity contribution in [1.29, 1.82) is 0 Å². The number of hydrogen-bond acceptors (Lipinski definition) is 3. The molecule has 2 aromatic rings. The third-order valence-corrected chi connectivity index (χ3v) is 3.50. The lowest BCUT2D eigenvalue weighted by molar-refractivity contribution is 0.198. The largest absolute Gasteiger partial charge is 0.493 e. The van der Waals surface area contributed by atoms with Gasteiger partial charge in [-0.3, -0.25) is 0 Å². The highest BCUT2D eigenvalue weighted by Crippen LogP contribution is 2.30. The van der Waals surface area contributed by atoms with Gasteiger partial charge in [0.2, 0.25) is 0 Å². The van der Waals surface area contributed by atoms with E-state index < -0.39 is 6.10 Å². The first-order valence-corrected chi connectivity index (χ1v) is 7.20. The molecule has 3 heteroatoms. The first-order valence-electron chi connectivity index (χ1n) is 7.20. The van der Waals surface area contributed by atoms with Gasteiger partial charge in [0, 0.05) is 0 Å². The van der Waals surface area contributed by atoms with Crippen molar-refractivity contribution in [3.8, 4) is 11.5 Å². The molecule has 2 rings (SSSR count). The second-order valence-corrected chi connectivity index (χ2v) is 5.04. The van der Waals surface area contributed by atoms with Gasteiger partial charge in [0.25, 0.3) is 0 Å². The van der Waals surface area contributed by atoms with Crippen LogP contribution in [0.1, 0.15) is 36.6 Å². The van der Waals surface area contributed by atoms with Crippen LogP contribution in [0.15, 0.2) is 42.5 Å². The molecular weight excluding hydrogens is 264 g/mol. The van der Waals surface area contributed by atoms with Gasteiger partial charge in [-0.15, -0.1) is 0 Å². The molecule has 0 aliphatic heterocycles. The monoisotopic (exact) mass is 286 g/mol. The highest BCUT2D eigenvalue weighted by atomic mass is 16.5. The molecule has 1 unspecified atom stereocenters. The number of methoxy groups -OCH3 is 1. The van der Waals surface area contributed by atoms with E-state index in [0.29, 0.717) is 18.1 Å². The number of aryl methyl sites for hydroxylation is 1. The Balaban J connectivity index is 2.08. The normalized spacial score (nSPS) is 12.0. The first-order chi connectivity index (χ1) is 10.1. The van der Waals surface area contributed by atoms with Gasteiger partial charge in [0.1, 0.15) is 6.61 Å². The van der Waals surface area contributed by atoms with Crippen LogP contribution in [0.25, 0.3) is 0 Å². The third-order valence-electron chi connectivity index (χ3n) is 3.50. The summed E-state index contributed by atoms with van der Waals surface area (Å²) < 4.78 is 11.1. The zero-order chi connectivity index (χ0) is 15.2. The number of ether oxygens (including phenoxy) is 2. The minimum absolute atomic E-state index is 0.494. The molecule has 0 radical (unpaired) electrons. The Kier molecular flexibility index (Phi) is 5.23. The van der Waals surface area contributed by atoms with Crippen LogP contribution in [-0.2, 0) is 13.0 Å². The van der Waals surface area contributed by atoms with E-state index in [0.717, 1.165) is 17.5 Å². The van der Waals surface area contributed by atoms with Crippen molar-refractivity contribution in [2.45, 2.75) is 33.0 Å². The molecule has 0 spiro atoms. The van der Waals surface area contributed by atoms with Crippen LogP contribution in [0.5, 0.6) is 11.5 Å². The lowest BCUT2D eigenvalue weighted by atomic mass is 10.1. The quantitative estimate of drug-likeness (QED) is 0.875. The number of hydrogen-bond donors (Lipinski definition) is 1. The molecule has 0 aliphatic carbocycles. The van der Waals surface area contributed by atoms with Gasteiger partial charge in [0.15, 0.2) is 11.5 Å². The third kappa shape index (κ3) is 3.99. The van der Waals surface area contributed by atoms with Crippen molar-refractivity contribution in [2.75, 3.05) is 7.11 Å². The summed E-state index contributed by atoms with van der Waals surface area (Å²) in [6.45, 7) is 4.36. The molecule has 2 aromatic carbocycles. The van der Waals surface area contributed by atoms with Crippen LogP contribution in [0, 0.1) is 0 Å². The van der Waals surface area contributed by atoms with Crippen molar-refractivity contribution in [1.82, 2.24) is 0 Å². The summed E-state index contributed by atoms with van der Waals surface area (Å²) in [4.78, 5) is 0. The lowest BCUT2D eigenvalue weighted by Crippen LogP contribution is -1.99. The topological polar surface area (TPSA) is 38.7 Å². The van der Waals surface area contributed by atoms with Gasteiger partial charge < -0.3 is 14.6 Å². The van der Waals surface area contributed by atoms with Crippen LogP contribution >= 0.6 is 0 Å². The average Bonchev–Trinajstić information content (AvgIpc) is 2.53. The van der Waals surface area contributed by atoms with Crippen molar-refractivity contribution in [2.24, 2.45) is 0 Å². The summed E-state index contributed by atoms with van der Waals surface area (Å²) in [5.74, 6) is 1.32. The standard InChI is InChI=1S/C18H22O3/c1-4-14-5-7-15(8-6-14)12-21-17-10-9-16(13(2)19)11-18(17)20-3/h5-11,13,19H,4,12H2,1-3H3. The Morgan fingerprint density at radius 2 is 1.67 bits per heavy atom. The molecule has 112 valence electrons. The van der Waals surface area contributed by atoms with E-state index in [1.807, 2.05) is 12.1 Å². The number of aliphatic hydroxyl groups is 1. The van der Waals surface area contributed by atoms with E-state index in [2.05, 4.69) is 31.2 Å². The van der Waals surface area contributed by atoms with Gasteiger partial charge in [-0.05, 0) is 42.2 Å².